The van der Waals surface area contributed by atoms with E-state index >= 15 is 0 Å². The molecule has 12 heteroatoms. The molecular weight excluding hydrogens is 485 g/mol. The van der Waals surface area contributed by atoms with Crippen LogP contribution in [0.4, 0.5) is 29.3 Å². The van der Waals surface area contributed by atoms with E-state index in [4.69, 9.17) is 0 Å². The molecule has 2 aliphatic heterocycles. The van der Waals surface area contributed by atoms with Gasteiger partial charge in [-0.3, -0.25) is 9.78 Å². The van der Waals surface area contributed by atoms with Crippen LogP contribution in [0.5, 0.6) is 0 Å². The summed E-state index contributed by atoms with van der Waals surface area (Å²) in [5.41, 5.74) is -4.99. The molecule has 0 aliphatic carbocycles. The smallest absolute Gasteiger partial charge is 0.370 e. The maximum absolute atomic E-state index is 13.4. The third kappa shape index (κ3) is 4.35. The highest BCUT2D eigenvalue weighted by atomic mass is 32.2. The van der Waals surface area contributed by atoms with E-state index in [2.05, 4.69) is 9.88 Å². The number of halogens is 3. The van der Waals surface area contributed by atoms with E-state index in [1.165, 1.54) is 4.90 Å². The van der Waals surface area contributed by atoms with Crippen LogP contribution in [0.3, 0.4) is 0 Å². The molecule has 0 saturated carbocycles. The van der Waals surface area contributed by atoms with Gasteiger partial charge in [-0.1, -0.05) is 0 Å². The summed E-state index contributed by atoms with van der Waals surface area (Å²) in [5.74, 6) is -0.567. The molecule has 8 nitrogen and oxygen atoms in total. The Labute approximate surface area is 201 Å². The number of imide groups is 1. The standard InChI is InChI=1S/C23H25F3N4O4S/c1-22(2)20(31)30(17-6-8-18(9-7-17)35(33,34)23(24,25)26)21(32)29(22)15-16-10-11-27-14-19(16)28-12-4-3-5-13-28/h6-11,14H,3-5,12-13,15H2,1-2H3. The van der Waals surface area contributed by atoms with Gasteiger partial charge in [0, 0.05) is 19.3 Å². The van der Waals surface area contributed by atoms with E-state index in [1.807, 2.05) is 0 Å². The molecule has 2 fully saturated rings. The van der Waals surface area contributed by atoms with Gasteiger partial charge < -0.3 is 9.80 Å². The lowest BCUT2D eigenvalue weighted by atomic mass is 10.0. The Bertz CT molecular complexity index is 1240. The number of urea groups is 1. The number of hydrogen-bond acceptors (Lipinski definition) is 6. The Morgan fingerprint density at radius 1 is 1.00 bits per heavy atom. The molecule has 2 aromatic rings. The number of piperidine rings is 1. The summed E-state index contributed by atoms with van der Waals surface area (Å²) in [7, 11) is -5.54. The molecule has 2 aliphatic rings. The Balaban J connectivity index is 1.63. The number of pyridine rings is 1. The number of benzene rings is 1. The van der Waals surface area contributed by atoms with Crippen molar-refractivity contribution in [3.8, 4) is 0 Å². The average molecular weight is 511 g/mol. The first-order valence-corrected chi connectivity index (χ1v) is 12.6. The first-order chi connectivity index (χ1) is 16.4. The summed E-state index contributed by atoms with van der Waals surface area (Å²) < 4.78 is 61.8. The number of hydrogen-bond donors (Lipinski definition) is 0. The molecule has 0 spiro atoms. The largest absolute Gasteiger partial charge is 0.501 e. The molecule has 0 unspecified atom stereocenters. The van der Waals surface area contributed by atoms with Crippen molar-refractivity contribution in [2.24, 2.45) is 0 Å². The maximum atomic E-state index is 13.4. The van der Waals surface area contributed by atoms with Crippen molar-refractivity contribution in [2.75, 3.05) is 22.9 Å². The van der Waals surface area contributed by atoms with Gasteiger partial charge in [0.15, 0.2) is 0 Å². The third-order valence-electron chi connectivity index (χ3n) is 6.45. The lowest BCUT2D eigenvalue weighted by molar-refractivity contribution is -0.123. The lowest BCUT2D eigenvalue weighted by Gasteiger charge is -2.33. The monoisotopic (exact) mass is 510 g/mol. The molecule has 3 heterocycles. The van der Waals surface area contributed by atoms with E-state index < -0.39 is 37.7 Å². The minimum absolute atomic E-state index is 0.0114. The molecule has 188 valence electrons. The van der Waals surface area contributed by atoms with Gasteiger partial charge in [-0.25, -0.2) is 18.1 Å². The SMILES string of the molecule is CC1(C)C(=O)N(c2ccc(S(=O)(=O)C(F)(F)F)cc2)C(=O)N1Cc1ccncc1N1CCCCC1. The van der Waals surface area contributed by atoms with Crippen LogP contribution in [0.1, 0.15) is 38.7 Å². The van der Waals surface area contributed by atoms with Crippen molar-refractivity contribution >= 4 is 33.2 Å². The fourth-order valence-corrected chi connectivity index (χ4v) is 5.14. The second-order valence-electron chi connectivity index (χ2n) is 9.06. The van der Waals surface area contributed by atoms with Gasteiger partial charge in [0.1, 0.15) is 5.54 Å². The van der Waals surface area contributed by atoms with E-state index in [-0.39, 0.29) is 12.2 Å². The summed E-state index contributed by atoms with van der Waals surface area (Å²) in [5, 5.41) is 0. The first kappa shape index (κ1) is 25.0. The molecule has 3 amide bonds. The number of amides is 3. The number of carbonyl (C=O) groups excluding carboxylic acids is 2. The van der Waals surface area contributed by atoms with Gasteiger partial charge in [0.05, 0.1) is 29.0 Å². The molecule has 1 aromatic carbocycles. The van der Waals surface area contributed by atoms with Crippen LogP contribution >= 0.6 is 0 Å². The van der Waals surface area contributed by atoms with Crippen LogP contribution in [-0.4, -0.2) is 54.4 Å². The molecule has 0 radical (unpaired) electrons. The highest BCUT2D eigenvalue weighted by Crippen LogP contribution is 2.36. The zero-order valence-corrected chi connectivity index (χ0v) is 20.1. The van der Waals surface area contributed by atoms with Crippen LogP contribution in [-0.2, 0) is 21.2 Å². The van der Waals surface area contributed by atoms with Gasteiger partial charge in [-0.05, 0) is 69.0 Å². The third-order valence-corrected chi connectivity index (χ3v) is 7.95. The molecule has 35 heavy (non-hydrogen) atoms. The molecule has 0 atom stereocenters. The number of rotatable bonds is 5. The first-order valence-electron chi connectivity index (χ1n) is 11.1. The van der Waals surface area contributed by atoms with Crippen LogP contribution < -0.4 is 9.80 Å². The van der Waals surface area contributed by atoms with Crippen molar-refractivity contribution in [3.05, 3.63) is 48.3 Å². The van der Waals surface area contributed by atoms with Gasteiger partial charge in [-0.2, -0.15) is 13.2 Å². The summed E-state index contributed by atoms with van der Waals surface area (Å²) in [6.07, 6.45) is 6.61. The van der Waals surface area contributed by atoms with Gasteiger partial charge in [-0.15, -0.1) is 0 Å². The van der Waals surface area contributed by atoms with Crippen molar-refractivity contribution in [3.63, 3.8) is 0 Å². The number of carbonyl (C=O) groups is 2. The minimum Gasteiger partial charge on any atom is -0.370 e. The normalized spacial score (nSPS) is 18.9. The average Bonchev–Trinajstić information content (AvgIpc) is 2.98. The number of aromatic nitrogens is 1. The Kier molecular flexibility index (Phi) is 6.28. The van der Waals surface area contributed by atoms with Crippen LogP contribution in [0.15, 0.2) is 47.6 Å². The number of anilines is 2. The van der Waals surface area contributed by atoms with Crippen molar-refractivity contribution in [1.82, 2.24) is 9.88 Å². The van der Waals surface area contributed by atoms with Gasteiger partial charge >= 0.3 is 11.5 Å². The fraction of sp³-hybridized carbons (Fsp3) is 0.435. The summed E-state index contributed by atoms with van der Waals surface area (Å²) >= 11 is 0. The van der Waals surface area contributed by atoms with Gasteiger partial charge in [0.25, 0.3) is 15.7 Å². The van der Waals surface area contributed by atoms with Crippen LogP contribution in [0.2, 0.25) is 0 Å². The fourth-order valence-electron chi connectivity index (χ4n) is 4.38. The van der Waals surface area contributed by atoms with E-state index in [9.17, 15) is 31.2 Å². The van der Waals surface area contributed by atoms with Crippen LogP contribution in [0, 0.1) is 0 Å². The Morgan fingerprint density at radius 2 is 1.63 bits per heavy atom. The predicted octanol–water partition coefficient (Wildman–Crippen LogP) is 4.11. The summed E-state index contributed by atoms with van der Waals surface area (Å²) in [4.78, 5) is 34.3. The summed E-state index contributed by atoms with van der Waals surface area (Å²) in [6, 6.07) is 4.70. The predicted molar refractivity (Wildman–Crippen MR) is 122 cm³/mol. The van der Waals surface area contributed by atoms with E-state index in [0.29, 0.717) is 0 Å². The van der Waals surface area contributed by atoms with Crippen LogP contribution in [0.25, 0.3) is 0 Å². The minimum atomic E-state index is -5.54. The topological polar surface area (TPSA) is 90.9 Å². The van der Waals surface area contributed by atoms with E-state index in [1.54, 1.807) is 32.3 Å². The van der Waals surface area contributed by atoms with Crippen molar-refractivity contribution in [1.29, 1.82) is 0 Å². The highest BCUT2D eigenvalue weighted by molar-refractivity contribution is 7.92. The number of nitrogens with zero attached hydrogens (tertiary/aromatic N) is 4. The molecular formula is C23H25F3N4O4S. The molecule has 0 N–H and O–H groups in total. The maximum Gasteiger partial charge on any atom is 0.501 e. The van der Waals surface area contributed by atoms with Crippen molar-refractivity contribution < 1.29 is 31.2 Å². The molecule has 4 rings (SSSR count). The second kappa shape index (κ2) is 8.81. The van der Waals surface area contributed by atoms with Crippen molar-refractivity contribution in [2.45, 2.75) is 55.6 Å². The lowest BCUT2D eigenvalue weighted by Crippen LogP contribution is -2.44. The zero-order chi connectivity index (χ0) is 25.6. The second-order valence-corrected chi connectivity index (χ2v) is 11.0. The van der Waals surface area contributed by atoms with E-state index in [0.717, 1.165) is 72.8 Å². The van der Waals surface area contributed by atoms with Gasteiger partial charge in [0.2, 0.25) is 0 Å². The molecule has 2 saturated heterocycles. The summed E-state index contributed by atoms with van der Waals surface area (Å²) in [6.45, 7) is 5.06. The zero-order valence-electron chi connectivity index (χ0n) is 19.2. The number of alkyl halides is 3. The number of sulfone groups is 1. The quantitative estimate of drug-likeness (QED) is 0.563. The Hall–Kier alpha value is -3.15. The highest BCUT2D eigenvalue weighted by Gasteiger charge is 2.52. The Morgan fingerprint density at radius 3 is 2.23 bits per heavy atom. The molecule has 1 aromatic heterocycles. The molecule has 0 bridgehead atoms.